The molecule has 1 aliphatic carbocycles. The van der Waals surface area contributed by atoms with E-state index >= 15 is 0 Å². The van der Waals surface area contributed by atoms with Gasteiger partial charge in [0.25, 0.3) is 0 Å². The van der Waals surface area contributed by atoms with Crippen LogP contribution in [-0.4, -0.2) is 18.0 Å². The van der Waals surface area contributed by atoms with E-state index in [0.717, 1.165) is 6.42 Å². The van der Waals surface area contributed by atoms with Crippen LogP contribution in [0.2, 0.25) is 0 Å². The maximum absolute atomic E-state index is 12.1. The van der Waals surface area contributed by atoms with E-state index in [4.69, 9.17) is 9.15 Å². The zero-order chi connectivity index (χ0) is 15.0. The number of hydrogen-bond donors (Lipinski definition) is 1. The van der Waals surface area contributed by atoms with Crippen molar-refractivity contribution in [1.29, 1.82) is 0 Å². The second kappa shape index (κ2) is 5.24. The molecule has 1 N–H and O–H groups in total. The summed E-state index contributed by atoms with van der Waals surface area (Å²) in [5, 5.41) is 10.9. The Balaban J connectivity index is 2.17. The van der Waals surface area contributed by atoms with Crippen molar-refractivity contribution in [3.05, 3.63) is 34.2 Å². The maximum atomic E-state index is 12.1. The molecule has 110 valence electrons. The quantitative estimate of drug-likeness (QED) is 0.860. The highest BCUT2D eigenvalue weighted by Gasteiger charge is 2.28. The third kappa shape index (κ3) is 2.39. The number of carbonyl (C=O) groups excluding carboxylic acids is 1. The van der Waals surface area contributed by atoms with Gasteiger partial charge in [0.2, 0.25) is 0 Å². The minimum atomic E-state index is -0.565. The predicted octanol–water partition coefficient (Wildman–Crippen LogP) is 2.73. The molecule has 1 atom stereocenters. The fraction of sp³-hybridized carbons (Fsp3) is 0.375. The minimum Gasteiger partial charge on any atom is -0.507 e. The predicted molar refractivity (Wildman–Crippen MR) is 76.9 cm³/mol. The molecule has 3 rings (SSSR count). The number of hydrogen-bond acceptors (Lipinski definition) is 5. The van der Waals surface area contributed by atoms with Gasteiger partial charge in [-0.15, -0.1) is 0 Å². The average Bonchev–Trinajstić information content (AvgIpc) is 2.47. The SMILES string of the molecule is COc1ccc2oc(=O)c([C@@H]3CCCC(=O)C3)c(O)c2c1. The topological polar surface area (TPSA) is 76.7 Å². The van der Waals surface area contributed by atoms with Gasteiger partial charge in [0, 0.05) is 18.8 Å². The average molecular weight is 288 g/mol. The normalized spacial score (nSPS) is 18.9. The van der Waals surface area contributed by atoms with Crippen LogP contribution in [0.25, 0.3) is 11.0 Å². The van der Waals surface area contributed by atoms with Gasteiger partial charge < -0.3 is 14.3 Å². The van der Waals surface area contributed by atoms with Crippen LogP contribution in [0.1, 0.15) is 37.2 Å². The van der Waals surface area contributed by atoms with Crippen molar-refractivity contribution in [1.82, 2.24) is 0 Å². The molecule has 0 amide bonds. The molecule has 0 spiro atoms. The minimum absolute atomic E-state index is 0.0974. The van der Waals surface area contributed by atoms with Gasteiger partial charge in [-0.3, -0.25) is 4.79 Å². The fourth-order valence-electron chi connectivity index (χ4n) is 2.94. The van der Waals surface area contributed by atoms with E-state index in [0.29, 0.717) is 29.6 Å². The van der Waals surface area contributed by atoms with Gasteiger partial charge >= 0.3 is 5.63 Å². The van der Waals surface area contributed by atoms with Crippen molar-refractivity contribution in [3.63, 3.8) is 0 Å². The molecule has 1 aromatic heterocycles. The Labute approximate surface area is 121 Å². The highest BCUT2D eigenvalue weighted by atomic mass is 16.5. The molecule has 0 unspecified atom stereocenters. The van der Waals surface area contributed by atoms with Crippen LogP contribution in [0.5, 0.6) is 11.5 Å². The summed E-state index contributed by atoms with van der Waals surface area (Å²) < 4.78 is 10.4. The highest BCUT2D eigenvalue weighted by molar-refractivity contribution is 5.86. The first-order valence-electron chi connectivity index (χ1n) is 6.95. The van der Waals surface area contributed by atoms with Gasteiger partial charge in [-0.1, -0.05) is 0 Å². The van der Waals surface area contributed by atoms with Gasteiger partial charge in [0.05, 0.1) is 18.1 Å². The Morgan fingerprint density at radius 2 is 2.14 bits per heavy atom. The fourth-order valence-corrected chi connectivity index (χ4v) is 2.94. The number of rotatable bonds is 2. The monoisotopic (exact) mass is 288 g/mol. The summed E-state index contributed by atoms with van der Waals surface area (Å²) >= 11 is 0. The maximum Gasteiger partial charge on any atom is 0.343 e. The van der Waals surface area contributed by atoms with Gasteiger partial charge in [0.1, 0.15) is 22.9 Å². The molecule has 2 aromatic rings. The molecule has 0 bridgehead atoms. The zero-order valence-corrected chi connectivity index (χ0v) is 11.7. The van der Waals surface area contributed by atoms with Gasteiger partial charge in [-0.2, -0.15) is 0 Å². The largest absolute Gasteiger partial charge is 0.507 e. The second-order valence-corrected chi connectivity index (χ2v) is 5.35. The van der Waals surface area contributed by atoms with Gasteiger partial charge in [0.15, 0.2) is 0 Å². The third-order valence-electron chi connectivity index (χ3n) is 4.01. The first-order chi connectivity index (χ1) is 10.1. The summed E-state index contributed by atoms with van der Waals surface area (Å²) in [4.78, 5) is 23.7. The van der Waals surface area contributed by atoms with Crippen molar-refractivity contribution < 1.29 is 19.1 Å². The summed E-state index contributed by atoms with van der Waals surface area (Å²) in [5.74, 6) is 0.325. The van der Waals surface area contributed by atoms with E-state index in [1.165, 1.54) is 7.11 Å². The lowest BCUT2D eigenvalue weighted by Gasteiger charge is -2.21. The van der Waals surface area contributed by atoms with E-state index < -0.39 is 5.63 Å². The number of methoxy groups -OCH3 is 1. The number of ketones is 1. The molecule has 21 heavy (non-hydrogen) atoms. The van der Waals surface area contributed by atoms with E-state index in [1.807, 2.05) is 0 Å². The zero-order valence-electron chi connectivity index (χ0n) is 11.7. The Morgan fingerprint density at radius 1 is 1.33 bits per heavy atom. The van der Waals surface area contributed by atoms with Crippen LogP contribution in [0.15, 0.2) is 27.4 Å². The molecular weight excluding hydrogens is 272 g/mol. The lowest BCUT2D eigenvalue weighted by Crippen LogP contribution is -2.19. The number of ether oxygens (including phenoxy) is 1. The Morgan fingerprint density at radius 3 is 2.86 bits per heavy atom. The molecular formula is C16H16O5. The second-order valence-electron chi connectivity index (χ2n) is 5.35. The molecule has 1 fully saturated rings. The van der Waals surface area contributed by atoms with Crippen LogP contribution in [0, 0.1) is 0 Å². The number of Topliss-reactive ketones (excluding diaryl/α,β-unsaturated/α-hetero) is 1. The molecule has 1 aliphatic rings. The summed E-state index contributed by atoms with van der Waals surface area (Å²) in [7, 11) is 1.53. The summed E-state index contributed by atoms with van der Waals surface area (Å²) in [5.41, 5.74) is -0.0437. The number of benzene rings is 1. The number of carbonyl (C=O) groups is 1. The number of fused-ring (bicyclic) bond motifs is 1. The van der Waals surface area contributed by atoms with Crippen molar-refractivity contribution >= 4 is 16.8 Å². The molecule has 0 radical (unpaired) electrons. The van der Waals surface area contributed by atoms with Crippen LogP contribution >= 0.6 is 0 Å². The van der Waals surface area contributed by atoms with Gasteiger partial charge in [-0.05, 0) is 31.0 Å². The van der Waals surface area contributed by atoms with Crippen molar-refractivity contribution in [2.75, 3.05) is 7.11 Å². The highest BCUT2D eigenvalue weighted by Crippen LogP contribution is 2.38. The molecule has 1 heterocycles. The summed E-state index contributed by atoms with van der Waals surface area (Å²) in [6.07, 6.45) is 2.27. The van der Waals surface area contributed by atoms with Crippen LogP contribution in [0.3, 0.4) is 0 Å². The first-order valence-corrected chi connectivity index (χ1v) is 6.95. The van der Waals surface area contributed by atoms with E-state index in [-0.39, 0.29) is 29.4 Å². The van der Waals surface area contributed by atoms with Gasteiger partial charge in [-0.25, -0.2) is 4.79 Å². The summed E-state index contributed by atoms with van der Waals surface area (Å²) in [6.45, 7) is 0. The first kappa shape index (κ1) is 13.7. The van der Waals surface area contributed by atoms with Crippen LogP contribution in [0.4, 0.5) is 0 Å². The Bertz CT molecular complexity index is 759. The molecule has 1 saturated carbocycles. The lowest BCUT2D eigenvalue weighted by atomic mass is 9.83. The standard InChI is InChI=1S/C16H16O5/c1-20-11-5-6-13-12(8-11)15(18)14(16(19)21-13)9-3-2-4-10(17)7-9/h5-6,8-9,18H,2-4,7H2,1H3/t9-/m1/s1. The van der Waals surface area contributed by atoms with Crippen LogP contribution in [-0.2, 0) is 4.79 Å². The molecule has 0 saturated heterocycles. The Hall–Kier alpha value is -2.30. The van der Waals surface area contributed by atoms with Crippen molar-refractivity contribution in [3.8, 4) is 11.5 Å². The van der Waals surface area contributed by atoms with Crippen molar-refractivity contribution in [2.45, 2.75) is 31.6 Å². The summed E-state index contributed by atoms with van der Waals surface area (Å²) in [6, 6.07) is 4.88. The Kier molecular flexibility index (Phi) is 3.41. The molecule has 1 aromatic carbocycles. The molecule has 5 nitrogen and oxygen atoms in total. The van der Waals surface area contributed by atoms with E-state index in [1.54, 1.807) is 18.2 Å². The smallest absolute Gasteiger partial charge is 0.343 e. The van der Waals surface area contributed by atoms with E-state index in [9.17, 15) is 14.7 Å². The third-order valence-corrected chi connectivity index (χ3v) is 4.01. The van der Waals surface area contributed by atoms with Crippen LogP contribution < -0.4 is 10.4 Å². The lowest BCUT2D eigenvalue weighted by molar-refractivity contribution is -0.120. The van der Waals surface area contributed by atoms with Crippen molar-refractivity contribution in [2.24, 2.45) is 0 Å². The molecule has 0 aliphatic heterocycles. The molecule has 5 heteroatoms. The number of aromatic hydroxyl groups is 1. The van der Waals surface area contributed by atoms with E-state index in [2.05, 4.69) is 0 Å².